The van der Waals surface area contributed by atoms with Gasteiger partial charge >= 0.3 is 0 Å². The lowest BCUT2D eigenvalue weighted by Gasteiger charge is -2.09. The van der Waals surface area contributed by atoms with Crippen LogP contribution in [-0.4, -0.2) is 9.97 Å². The van der Waals surface area contributed by atoms with Crippen LogP contribution in [0.3, 0.4) is 0 Å². The first-order chi connectivity index (χ1) is 10.7. The molecule has 0 aliphatic heterocycles. The summed E-state index contributed by atoms with van der Waals surface area (Å²) >= 11 is 9.56. The van der Waals surface area contributed by atoms with Crippen molar-refractivity contribution in [2.45, 2.75) is 0 Å². The zero-order chi connectivity index (χ0) is 15.4. The van der Waals surface area contributed by atoms with Crippen LogP contribution in [0.5, 0.6) is 0 Å². The standard InChI is InChI=1S/C16H12BrClN4/c17-11-4-3-5-12(10-11)20-15-8-9-19-16(22-15)21-14-7-2-1-6-13(14)18/h1-10H,(H2,19,20,21,22). The van der Waals surface area contributed by atoms with Crippen molar-refractivity contribution >= 4 is 50.7 Å². The Bertz CT molecular complexity index is 794. The summed E-state index contributed by atoms with van der Waals surface area (Å²) in [4.78, 5) is 8.63. The molecule has 0 atom stereocenters. The van der Waals surface area contributed by atoms with E-state index in [-0.39, 0.29) is 0 Å². The van der Waals surface area contributed by atoms with E-state index in [1.807, 2.05) is 48.5 Å². The minimum atomic E-state index is 0.480. The number of halogens is 2. The van der Waals surface area contributed by atoms with Crippen LogP contribution in [0.15, 0.2) is 65.3 Å². The molecule has 0 saturated heterocycles. The Labute approximate surface area is 141 Å². The molecule has 0 saturated carbocycles. The van der Waals surface area contributed by atoms with E-state index in [9.17, 15) is 0 Å². The molecule has 22 heavy (non-hydrogen) atoms. The lowest BCUT2D eigenvalue weighted by Crippen LogP contribution is -2.00. The molecular weight excluding hydrogens is 364 g/mol. The van der Waals surface area contributed by atoms with Gasteiger partial charge in [0.2, 0.25) is 5.95 Å². The number of para-hydroxylation sites is 1. The Kier molecular flexibility index (Phi) is 4.56. The Balaban J connectivity index is 1.79. The van der Waals surface area contributed by atoms with Crippen molar-refractivity contribution in [3.63, 3.8) is 0 Å². The van der Waals surface area contributed by atoms with Crippen molar-refractivity contribution < 1.29 is 0 Å². The first-order valence-corrected chi connectivity index (χ1v) is 7.75. The SMILES string of the molecule is Clc1ccccc1Nc1nccc(Nc2cccc(Br)c2)n1. The number of anilines is 4. The van der Waals surface area contributed by atoms with Gasteiger partial charge in [-0.15, -0.1) is 0 Å². The zero-order valence-corrected chi connectivity index (χ0v) is 13.8. The van der Waals surface area contributed by atoms with Crippen LogP contribution in [0.2, 0.25) is 5.02 Å². The van der Waals surface area contributed by atoms with Gasteiger partial charge in [-0.1, -0.05) is 45.7 Å². The number of aromatic nitrogens is 2. The summed E-state index contributed by atoms with van der Waals surface area (Å²) in [6.07, 6.45) is 1.69. The van der Waals surface area contributed by atoms with Gasteiger partial charge in [-0.3, -0.25) is 0 Å². The van der Waals surface area contributed by atoms with Crippen molar-refractivity contribution in [1.82, 2.24) is 9.97 Å². The minimum absolute atomic E-state index is 0.480. The summed E-state index contributed by atoms with van der Waals surface area (Å²) in [6, 6.07) is 17.1. The highest BCUT2D eigenvalue weighted by atomic mass is 79.9. The molecule has 0 unspecified atom stereocenters. The second-order valence-electron chi connectivity index (χ2n) is 4.51. The fourth-order valence-electron chi connectivity index (χ4n) is 1.89. The highest BCUT2D eigenvalue weighted by molar-refractivity contribution is 9.10. The molecule has 2 aromatic carbocycles. The summed E-state index contributed by atoms with van der Waals surface area (Å²) in [5, 5.41) is 6.96. The number of rotatable bonds is 4. The van der Waals surface area contributed by atoms with Crippen LogP contribution in [0.4, 0.5) is 23.1 Å². The summed E-state index contributed by atoms with van der Waals surface area (Å²) in [5.41, 5.74) is 1.71. The predicted molar refractivity (Wildman–Crippen MR) is 94.2 cm³/mol. The third-order valence-electron chi connectivity index (χ3n) is 2.87. The fraction of sp³-hybridized carbons (Fsp3) is 0. The maximum absolute atomic E-state index is 6.12. The van der Waals surface area contributed by atoms with Gasteiger partial charge in [-0.25, -0.2) is 4.98 Å². The highest BCUT2D eigenvalue weighted by Crippen LogP contribution is 2.24. The Morgan fingerprint density at radius 2 is 1.82 bits per heavy atom. The van der Waals surface area contributed by atoms with Crippen LogP contribution >= 0.6 is 27.5 Å². The average Bonchev–Trinajstić information content (AvgIpc) is 2.50. The third kappa shape index (κ3) is 3.75. The molecule has 0 amide bonds. The number of nitrogens with zero attached hydrogens (tertiary/aromatic N) is 2. The summed E-state index contributed by atoms with van der Waals surface area (Å²) < 4.78 is 1.00. The van der Waals surface area contributed by atoms with E-state index >= 15 is 0 Å². The smallest absolute Gasteiger partial charge is 0.229 e. The van der Waals surface area contributed by atoms with Gasteiger partial charge in [0.1, 0.15) is 5.82 Å². The molecule has 4 nitrogen and oxygen atoms in total. The van der Waals surface area contributed by atoms with Gasteiger partial charge in [-0.2, -0.15) is 4.98 Å². The van der Waals surface area contributed by atoms with Crippen LogP contribution in [0.1, 0.15) is 0 Å². The maximum atomic E-state index is 6.12. The number of hydrogen-bond donors (Lipinski definition) is 2. The molecule has 3 rings (SSSR count). The Hall–Kier alpha value is -2.11. The molecule has 0 bridgehead atoms. The number of hydrogen-bond acceptors (Lipinski definition) is 4. The van der Waals surface area contributed by atoms with Crippen molar-refractivity contribution in [2.24, 2.45) is 0 Å². The largest absolute Gasteiger partial charge is 0.340 e. The van der Waals surface area contributed by atoms with Crippen LogP contribution in [0.25, 0.3) is 0 Å². The molecule has 0 aliphatic rings. The molecular formula is C16H12BrClN4. The summed E-state index contributed by atoms with van der Waals surface area (Å²) in [5.74, 6) is 1.18. The van der Waals surface area contributed by atoms with Crippen LogP contribution in [-0.2, 0) is 0 Å². The second-order valence-corrected chi connectivity index (χ2v) is 5.83. The predicted octanol–water partition coefficient (Wildman–Crippen LogP) is 5.38. The zero-order valence-electron chi connectivity index (χ0n) is 11.4. The maximum Gasteiger partial charge on any atom is 0.229 e. The first-order valence-electron chi connectivity index (χ1n) is 6.58. The normalized spacial score (nSPS) is 10.3. The van der Waals surface area contributed by atoms with Gasteiger partial charge in [0.05, 0.1) is 10.7 Å². The van der Waals surface area contributed by atoms with Crippen LogP contribution < -0.4 is 10.6 Å². The lowest BCUT2D eigenvalue weighted by atomic mass is 10.3. The lowest BCUT2D eigenvalue weighted by molar-refractivity contribution is 1.17. The van der Waals surface area contributed by atoms with E-state index in [1.165, 1.54) is 0 Å². The highest BCUT2D eigenvalue weighted by Gasteiger charge is 2.03. The van der Waals surface area contributed by atoms with Crippen molar-refractivity contribution in [1.29, 1.82) is 0 Å². The van der Waals surface area contributed by atoms with E-state index in [0.29, 0.717) is 16.8 Å². The fourth-order valence-corrected chi connectivity index (χ4v) is 2.47. The van der Waals surface area contributed by atoms with Crippen molar-refractivity contribution in [3.05, 3.63) is 70.3 Å². The monoisotopic (exact) mass is 374 g/mol. The third-order valence-corrected chi connectivity index (χ3v) is 3.70. The molecule has 0 radical (unpaired) electrons. The van der Waals surface area contributed by atoms with E-state index in [0.717, 1.165) is 15.8 Å². The summed E-state index contributed by atoms with van der Waals surface area (Å²) in [7, 11) is 0. The minimum Gasteiger partial charge on any atom is -0.340 e. The van der Waals surface area contributed by atoms with Crippen molar-refractivity contribution in [2.75, 3.05) is 10.6 Å². The molecule has 1 heterocycles. The van der Waals surface area contributed by atoms with Gasteiger partial charge in [0, 0.05) is 16.4 Å². The van der Waals surface area contributed by atoms with Gasteiger partial charge < -0.3 is 10.6 Å². The average molecular weight is 376 g/mol. The quantitative estimate of drug-likeness (QED) is 0.643. The topological polar surface area (TPSA) is 49.8 Å². The molecule has 2 N–H and O–H groups in total. The molecule has 110 valence electrons. The molecule has 1 aromatic heterocycles. The number of benzene rings is 2. The van der Waals surface area contributed by atoms with Gasteiger partial charge in [0.15, 0.2) is 0 Å². The van der Waals surface area contributed by atoms with Crippen molar-refractivity contribution in [3.8, 4) is 0 Å². The molecule has 3 aromatic rings. The van der Waals surface area contributed by atoms with Crippen LogP contribution in [0, 0.1) is 0 Å². The molecule has 0 aliphatic carbocycles. The van der Waals surface area contributed by atoms with E-state index in [4.69, 9.17) is 11.6 Å². The number of nitrogens with one attached hydrogen (secondary N) is 2. The Morgan fingerprint density at radius 1 is 0.955 bits per heavy atom. The van der Waals surface area contributed by atoms with Gasteiger partial charge in [0.25, 0.3) is 0 Å². The summed E-state index contributed by atoms with van der Waals surface area (Å²) in [6.45, 7) is 0. The first kappa shape index (κ1) is 14.8. The Morgan fingerprint density at radius 3 is 2.64 bits per heavy atom. The molecule has 6 heteroatoms. The molecule has 0 spiro atoms. The second kappa shape index (κ2) is 6.77. The van der Waals surface area contributed by atoms with E-state index in [2.05, 4.69) is 36.5 Å². The van der Waals surface area contributed by atoms with E-state index in [1.54, 1.807) is 12.3 Å². The molecule has 0 fully saturated rings. The van der Waals surface area contributed by atoms with Gasteiger partial charge in [-0.05, 0) is 36.4 Å². The van der Waals surface area contributed by atoms with E-state index < -0.39 is 0 Å².